The number of halogens is 2. The molecule has 0 spiro atoms. The summed E-state index contributed by atoms with van der Waals surface area (Å²) in [6.45, 7) is -0.397. The summed E-state index contributed by atoms with van der Waals surface area (Å²) < 4.78 is 59.9. The van der Waals surface area contributed by atoms with Crippen molar-refractivity contribution in [1.82, 2.24) is 10.0 Å². The van der Waals surface area contributed by atoms with Crippen LogP contribution >= 0.6 is 0 Å². The number of amides is 1. The third-order valence-corrected chi connectivity index (χ3v) is 6.58. The van der Waals surface area contributed by atoms with Gasteiger partial charge in [0.25, 0.3) is 0 Å². The fourth-order valence-corrected chi connectivity index (χ4v) is 4.71. The van der Waals surface area contributed by atoms with E-state index in [1.807, 2.05) is 0 Å². The standard InChI is InChI=1S/C21H24F2N2O5S/c22-15-5-8-17(9-6-15)31(28,29)25-19-10-7-16(30-20(19)13-26)11-21(27)24-12-14-3-1-2-4-18(14)23/h1-6,8-9,16,19-20,25-26H,7,10-13H2,(H,24,27)/t16-,19+,20+/m0/s1. The Hall–Kier alpha value is -2.40. The number of carbonyl (C=O) groups excluding carboxylic acids is 1. The fourth-order valence-electron chi connectivity index (χ4n) is 3.41. The summed E-state index contributed by atoms with van der Waals surface area (Å²) in [7, 11) is -3.93. The van der Waals surface area contributed by atoms with Crippen molar-refractivity contribution in [3.63, 3.8) is 0 Å². The molecule has 0 unspecified atom stereocenters. The first-order valence-corrected chi connectivity index (χ1v) is 11.3. The molecule has 31 heavy (non-hydrogen) atoms. The molecule has 0 bridgehead atoms. The number of ether oxygens (including phenoxy) is 1. The highest BCUT2D eigenvalue weighted by Gasteiger charge is 2.34. The van der Waals surface area contributed by atoms with Crippen LogP contribution in [0.3, 0.4) is 0 Å². The lowest BCUT2D eigenvalue weighted by Gasteiger charge is -2.35. The molecular formula is C21H24F2N2O5S. The van der Waals surface area contributed by atoms with Crippen LogP contribution in [-0.4, -0.2) is 44.3 Å². The Labute approximate surface area is 179 Å². The molecule has 1 aliphatic heterocycles. The molecule has 0 saturated carbocycles. The Morgan fingerprint density at radius 1 is 1.10 bits per heavy atom. The smallest absolute Gasteiger partial charge is 0.240 e. The summed E-state index contributed by atoms with van der Waals surface area (Å²) in [5, 5.41) is 12.3. The predicted octanol–water partition coefficient (Wildman–Crippen LogP) is 1.86. The van der Waals surface area contributed by atoms with Gasteiger partial charge in [0.05, 0.1) is 36.2 Å². The van der Waals surface area contributed by atoms with Crippen LogP contribution in [0.2, 0.25) is 0 Å². The maximum absolute atomic E-state index is 13.6. The molecule has 2 aromatic carbocycles. The second-order valence-corrected chi connectivity index (χ2v) is 9.02. The Morgan fingerprint density at radius 3 is 2.48 bits per heavy atom. The van der Waals surface area contributed by atoms with Crippen LogP contribution in [0.15, 0.2) is 53.4 Å². The van der Waals surface area contributed by atoms with Crippen LogP contribution in [0, 0.1) is 11.6 Å². The van der Waals surface area contributed by atoms with Crippen LogP contribution in [0.4, 0.5) is 8.78 Å². The lowest BCUT2D eigenvalue weighted by molar-refractivity contribution is -0.130. The highest BCUT2D eigenvalue weighted by atomic mass is 32.2. The number of rotatable bonds is 8. The second kappa shape index (κ2) is 10.3. The van der Waals surface area contributed by atoms with Gasteiger partial charge in [0.15, 0.2) is 0 Å². The third kappa shape index (κ3) is 6.30. The number of aliphatic hydroxyl groups is 1. The first-order valence-electron chi connectivity index (χ1n) is 9.83. The molecule has 10 heteroatoms. The molecule has 0 radical (unpaired) electrons. The number of carbonyl (C=O) groups is 1. The molecule has 1 saturated heterocycles. The van der Waals surface area contributed by atoms with Crippen LogP contribution in [0.25, 0.3) is 0 Å². The molecule has 2 aromatic rings. The highest BCUT2D eigenvalue weighted by molar-refractivity contribution is 7.89. The van der Waals surface area contributed by atoms with Crippen molar-refractivity contribution in [2.75, 3.05) is 6.61 Å². The first kappa shape index (κ1) is 23.3. The van der Waals surface area contributed by atoms with Crippen molar-refractivity contribution in [3.8, 4) is 0 Å². The molecule has 1 heterocycles. The number of sulfonamides is 1. The van der Waals surface area contributed by atoms with Gasteiger partial charge in [-0.25, -0.2) is 21.9 Å². The Bertz CT molecular complexity index is 1000. The molecule has 3 rings (SSSR count). The largest absolute Gasteiger partial charge is 0.394 e. The monoisotopic (exact) mass is 454 g/mol. The van der Waals surface area contributed by atoms with Crippen LogP contribution in [-0.2, 0) is 26.1 Å². The second-order valence-electron chi connectivity index (χ2n) is 7.31. The summed E-state index contributed by atoms with van der Waals surface area (Å²) in [6, 6.07) is 9.82. The number of aliphatic hydroxyl groups excluding tert-OH is 1. The minimum atomic E-state index is -3.93. The van der Waals surface area contributed by atoms with Crippen molar-refractivity contribution in [3.05, 3.63) is 65.7 Å². The Kier molecular flexibility index (Phi) is 7.71. The quantitative estimate of drug-likeness (QED) is 0.565. The molecule has 3 atom stereocenters. The number of nitrogens with one attached hydrogen (secondary N) is 2. The van der Waals surface area contributed by atoms with Gasteiger partial charge in [-0.1, -0.05) is 18.2 Å². The highest BCUT2D eigenvalue weighted by Crippen LogP contribution is 2.24. The van der Waals surface area contributed by atoms with Crippen molar-refractivity contribution < 1.29 is 31.8 Å². The molecule has 0 aliphatic carbocycles. The summed E-state index contributed by atoms with van der Waals surface area (Å²) in [5.41, 5.74) is 0.365. The summed E-state index contributed by atoms with van der Waals surface area (Å²) in [6.07, 6.45) is -0.614. The van der Waals surface area contributed by atoms with Crippen molar-refractivity contribution >= 4 is 15.9 Å². The van der Waals surface area contributed by atoms with Gasteiger partial charge >= 0.3 is 0 Å². The average molecular weight is 454 g/mol. The van der Waals surface area contributed by atoms with Gasteiger partial charge in [-0.15, -0.1) is 0 Å². The van der Waals surface area contributed by atoms with Crippen molar-refractivity contribution in [2.45, 2.75) is 49.0 Å². The van der Waals surface area contributed by atoms with E-state index in [0.29, 0.717) is 18.4 Å². The van der Waals surface area contributed by atoms with E-state index in [0.717, 1.165) is 24.3 Å². The van der Waals surface area contributed by atoms with Gasteiger partial charge in [-0.3, -0.25) is 4.79 Å². The zero-order valence-corrected chi connectivity index (χ0v) is 17.4. The fraction of sp³-hybridized carbons (Fsp3) is 0.381. The lowest BCUT2D eigenvalue weighted by Crippen LogP contribution is -2.51. The maximum atomic E-state index is 13.6. The van der Waals surface area contributed by atoms with Crippen molar-refractivity contribution in [1.29, 1.82) is 0 Å². The molecule has 168 valence electrons. The minimum Gasteiger partial charge on any atom is -0.394 e. The van der Waals surface area contributed by atoms with Gasteiger partial charge in [0.2, 0.25) is 15.9 Å². The van der Waals surface area contributed by atoms with E-state index in [-0.39, 0.29) is 23.8 Å². The van der Waals surface area contributed by atoms with E-state index in [9.17, 15) is 27.1 Å². The molecule has 1 fully saturated rings. The molecule has 3 N–H and O–H groups in total. The van der Waals surface area contributed by atoms with E-state index < -0.39 is 46.5 Å². The predicted molar refractivity (Wildman–Crippen MR) is 108 cm³/mol. The number of benzene rings is 2. The third-order valence-electron chi connectivity index (χ3n) is 5.07. The van der Waals surface area contributed by atoms with Crippen LogP contribution in [0.1, 0.15) is 24.8 Å². The van der Waals surface area contributed by atoms with E-state index in [4.69, 9.17) is 4.74 Å². The lowest BCUT2D eigenvalue weighted by atomic mass is 9.98. The van der Waals surface area contributed by atoms with Gasteiger partial charge < -0.3 is 15.2 Å². The topological polar surface area (TPSA) is 105 Å². The van der Waals surface area contributed by atoms with Crippen molar-refractivity contribution in [2.24, 2.45) is 0 Å². The van der Waals surface area contributed by atoms with Gasteiger partial charge in [0, 0.05) is 12.1 Å². The molecule has 0 aromatic heterocycles. The van der Waals surface area contributed by atoms with Crippen LogP contribution in [0.5, 0.6) is 0 Å². The normalized spacial score (nSPS) is 21.6. The SMILES string of the molecule is O=C(C[C@@H]1CC[C@@H](NS(=O)(=O)c2ccc(F)cc2)[C@@H](CO)O1)NCc1ccccc1F. The van der Waals surface area contributed by atoms with Gasteiger partial charge in [-0.2, -0.15) is 0 Å². The maximum Gasteiger partial charge on any atom is 0.240 e. The molecule has 1 amide bonds. The summed E-state index contributed by atoms with van der Waals surface area (Å²) in [4.78, 5) is 12.1. The molecule has 7 nitrogen and oxygen atoms in total. The summed E-state index contributed by atoms with van der Waals surface area (Å²) in [5.74, 6) is -1.30. The van der Waals surface area contributed by atoms with Gasteiger partial charge in [0.1, 0.15) is 11.6 Å². The molecule has 1 aliphatic rings. The minimum absolute atomic E-state index is 0.00237. The van der Waals surface area contributed by atoms with E-state index in [1.54, 1.807) is 18.2 Å². The van der Waals surface area contributed by atoms with E-state index in [1.165, 1.54) is 6.07 Å². The summed E-state index contributed by atoms with van der Waals surface area (Å²) >= 11 is 0. The zero-order valence-electron chi connectivity index (χ0n) is 16.6. The number of hydrogen-bond donors (Lipinski definition) is 3. The first-order chi connectivity index (χ1) is 14.8. The van der Waals surface area contributed by atoms with Crippen LogP contribution < -0.4 is 10.0 Å². The Morgan fingerprint density at radius 2 is 1.81 bits per heavy atom. The van der Waals surface area contributed by atoms with E-state index in [2.05, 4.69) is 10.0 Å². The van der Waals surface area contributed by atoms with E-state index >= 15 is 0 Å². The Balaban J connectivity index is 1.53. The zero-order chi connectivity index (χ0) is 22.4. The average Bonchev–Trinajstić information content (AvgIpc) is 2.74. The molecular weight excluding hydrogens is 430 g/mol. The number of hydrogen-bond acceptors (Lipinski definition) is 5. The van der Waals surface area contributed by atoms with Gasteiger partial charge in [-0.05, 0) is 43.2 Å².